The highest BCUT2D eigenvalue weighted by atomic mass is 32.2. The third kappa shape index (κ3) is 3.84. The van der Waals surface area contributed by atoms with E-state index in [1.54, 1.807) is 24.3 Å². The lowest BCUT2D eigenvalue weighted by Gasteiger charge is -2.21. The summed E-state index contributed by atoms with van der Waals surface area (Å²) in [6.07, 6.45) is -3.40. The Morgan fingerprint density at radius 1 is 1.13 bits per heavy atom. The van der Waals surface area contributed by atoms with Crippen molar-refractivity contribution in [3.05, 3.63) is 65.5 Å². The molecule has 158 valence electrons. The Bertz CT molecular complexity index is 1160. The lowest BCUT2D eigenvalue weighted by Crippen LogP contribution is -2.30. The van der Waals surface area contributed by atoms with E-state index in [2.05, 4.69) is 10.1 Å². The van der Waals surface area contributed by atoms with Crippen molar-refractivity contribution >= 4 is 10.0 Å². The Labute approximate surface area is 171 Å². The van der Waals surface area contributed by atoms with Gasteiger partial charge in [-0.2, -0.15) is 22.5 Å². The number of aromatic nitrogens is 2. The number of sulfonamides is 1. The van der Waals surface area contributed by atoms with Crippen LogP contribution in [0.5, 0.6) is 0 Å². The van der Waals surface area contributed by atoms with E-state index in [1.165, 1.54) is 16.4 Å². The first-order valence-corrected chi connectivity index (χ1v) is 10.7. The van der Waals surface area contributed by atoms with E-state index in [-0.39, 0.29) is 22.2 Å². The van der Waals surface area contributed by atoms with E-state index >= 15 is 0 Å². The van der Waals surface area contributed by atoms with Crippen molar-refractivity contribution in [3.63, 3.8) is 0 Å². The van der Waals surface area contributed by atoms with Crippen LogP contribution in [0.3, 0.4) is 0 Å². The molecule has 1 unspecified atom stereocenters. The van der Waals surface area contributed by atoms with E-state index in [1.807, 2.05) is 6.92 Å². The zero-order valence-electron chi connectivity index (χ0n) is 15.9. The fraction of sp³-hybridized carbons (Fsp3) is 0.300. The molecule has 0 N–H and O–H groups in total. The van der Waals surface area contributed by atoms with E-state index in [4.69, 9.17) is 4.52 Å². The molecule has 0 aliphatic carbocycles. The summed E-state index contributed by atoms with van der Waals surface area (Å²) in [4.78, 5) is 4.37. The van der Waals surface area contributed by atoms with Crippen LogP contribution >= 0.6 is 0 Å². The van der Waals surface area contributed by atoms with Gasteiger partial charge in [0.25, 0.3) is 0 Å². The maximum atomic E-state index is 13.1. The Kier molecular flexibility index (Phi) is 5.15. The Morgan fingerprint density at radius 3 is 2.57 bits per heavy atom. The molecule has 4 rings (SSSR count). The van der Waals surface area contributed by atoms with Crippen LogP contribution in [0.4, 0.5) is 13.2 Å². The molecule has 6 nitrogen and oxygen atoms in total. The predicted molar refractivity (Wildman–Crippen MR) is 102 cm³/mol. The summed E-state index contributed by atoms with van der Waals surface area (Å²) in [6, 6.07) is 10.5. The summed E-state index contributed by atoms with van der Waals surface area (Å²) >= 11 is 0. The molecular weight excluding hydrogens is 419 g/mol. The van der Waals surface area contributed by atoms with Crippen LogP contribution in [0.2, 0.25) is 0 Å². The number of hydrogen-bond donors (Lipinski definition) is 0. The number of halogens is 3. The van der Waals surface area contributed by atoms with Gasteiger partial charge in [0.15, 0.2) is 0 Å². The van der Waals surface area contributed by atoms with Crippen LogP contribution in [-0.4, -0.2) is 29.4 Å². The highest BCUT2D eigenvalue weighted by Crippen LogP contribution is 2.37. The molecule has 1 atom stereocenters. The molecule has 2 aromatic carbocycles. The zero-order chi connectivity index (χ0) is 21.5. The summed E-state index contributed by atoms with van der Waals surface area (Å²) in [5, 5.41) is 3.78. The van der Waals surface area contributed by atoms with Gasteiger partial charge in [-0.1, -0.05) is 35.0 Å². The largest absolute Gasteiger partial charge is 0.416 e. The molecule has 0 bridgehead atoms. The van der Waals surface area contributed by atoms with Gasteiger partial charge in [-0.25, -0.2) is 8.42 Å². The van der Waals surface area contributed by atoms with Crippen LogP contribution in [0.25, 0.3) is 11.4 Å². The molecule has 10 heteroatoms. The van der Waals surface area contributed by atoms with Crippen LogP contribution in [-0.2, 0) is 16.2 Å². The van der Waals surface area contributed by atoms with Crippen molar-refractivity contribution in [1.29, 1.82) is 0 Å². The van der Waals surface area contributed by atoms with Crippen molar-refractivity contribution in [1.82, 2.24) is 14.4 Å². The monoisotopic (exact) mass is 437 g/mol. The molecule has 0 saturated carbocycles. The highest BCUT2D eigenvalue weighted by Gasteiger charge is 2.39. The summed E-state index contributed by atoms with van der Waals surface area (Å²) in [5.41, 5.74) is 0.260. The Morgan fingerprint density at radius 2 is 1.87 bits per heavy atom. The van der Waals surface area contributed by atoms with Gasteiger partial charge in [0, 0.05) is 12.1 Å². The van der Waals surface area contributed by atoms with Gasteiger partial charge < -0.3 is 4.52 Å². The normalized spacial score (nSPS) is 18.1. The zero-order valence-corrected chi connectivity index (χ0v) is 16.7. The summed E-state index contributed by atoms with van der Waals surface area (Å²) in [7, 11) is -3.78. The molecule has 1 fully saturated rings. The summed E-state index contributed by atoms with van der Waals surface area (Å²) in [6.45, 7) is 2.16. The van der Waals surface area contributed by atoms with Crippen molar-refractivity contribution in [2.24, 2.45) is 0 Å². The first-order valence-electron chi connectivity index (χ1n) is 9.26. The van der Waals surface area contributed by atoms with Crippen LogP contribution in [0.15, 0.2) is 57.9 Å². The SMILES string of the molecule is Cc1ccc(S(=O)(=O)N2CCCC2c2nc(-c3cccc(C(F)(F)F)c3)no2)cc1. The van der Waals surface area contributed by atoms with Crippen molar-refractivity contribution in [2.45, 2.75) is 36.9 Å². The molecular formula is C20H18F3N3O3S. The minimum Gasteiger partial charge on any atom is -0.337 e. The van der Waals surface area contributed by atoms with Gasteiger partial charge >= 0.3 is 6.18 Å². The molecule has 3 aromatic rings. The lowest BCUT2D eigenvalue weighted by molar-refractivity contribution is -0.137. The predicted octanol–water partition coefficient (Wildman–Crippen LogP) is 4.59. The Hall–Kier alpha value is -2.72. The van der Waals surface area contributed by atoms with Gasteiger partial charge in [-0.3, -0.25) is 0 Å². The highest BCUT2D eigenvalue weighted by molar-refractivity contribution is 7.89. The maximum Gasteiger partial charge on any atom is 0.416 e. The minimum absolute atomic E-state index is 0.0179. The third-order valence-electron chi connectivity index (χ3n) is 5.01. The minimum atomic E-state index is -4.49. The Balaban J connectivity index is 1.64. The summed E-state index contributed by atoms with van der Waals surface area (Å²) < 4.78 is 71.6. The van der Waals surface area contributed by atoms with E-state index < -0.39 is 27.8 Å². The van der Waals surface area contributed by atoms with Crippen LogP contribution in [0.1, 0.15) is 35.9 Å². The first kappa shape index (κ1) is 20.5. The molecule has 0 radical (unpaired) electrons. The number of benzene rings is 2. The van der Waals surface area contributed by atoms with Crippen molar-refractivity contribution < 1.29 is 26.1 Å². The van der Waals surface area contributed by atoms with Crippen molar-refractivity contribution in [3.8, 4) is 11.4 Å². The smallest absolute Gasteiger partial charge is 0.337 e. The van der Waals surface area contributed by atoms with Gasteiger partial charge in [0.2, 0.25) is 21.7 Å². The van der Waals surface area contributed by atoms with Crippen LogP contribution in [0, 0.1) is 6.92 Å². The van der Waals surface area contributed by atoms with Gasteiger partial charge in [-0.05, 0) is 44.0 Å². The molecule has 2 heterocycles. The average molecular weight is 437 g/mol. The number of alkyl halides is 3. The third-order valence-corrected chi connectivity index (χ3v) is 6.93. The topological polar surface area (TPSA) is 76.3 Å². The standard InChI is InChI=1S/C20H18F3N3O3S/c1-13-7-9-16(10-8-13)30(27,28)26-11-3-6-17(26)19-24-18(25-29-19)14-4-2-5-15(12-14)20(21,22)23/h2,4-5,7-10,12,17H,3,6,11H2,1H3. The fourth-order valence-electron chi connectivity index (χ4n) is 3.44. The first-order chi connectivity index (χ1) is 14.2. The molecule has 1 aromatic heterocycles. The lowest BCUT2D eigenvalue weighted by atomic mass is 10.1. The molecule has 0 spiro atoms. The average Bonchev–Trinajstić information content (AvgIpc) is 3.37. The van der Waals surface area contributed by atoms with E-state index in [0.717, 1.165) is 17.7 Å². The van der Waals surface area contributed by atoms with E-state index in [0.29, 0.717) is 19.4 Å². The fourth-order valence-corrected chi connectivity index (χ4v) is 5.09. The van der Waals surface area contributed by atoms with Gasteiger partial charge in [-0.15, -0.1) is 0 Å². The number of nitrogens with zero attached hydrogens (tertiary/aromatic N) is 3. The summed E-state index contributed by atoms with van der Waals surface area (Å²) in [5.74, 6) is 0.0475. The number of hydrogen-bond acceptors (Lipinski definition) is 5. The molecule has 0 amide bonds. The second kappa shape index (κ2) is 7.51. The quantitative estimate of drug-likeness (QED) is 0.597. The van der Waals surface area contributed by atoms with Gasteiger partial charge in [0.1, 0.15) is 6.04 Å². The number of rotatable bonds is 4. The van der Waals surface area contributed by atoms with Gasteiger partial charge in [0.05, 0.1) is 10.5 Å². The maximum absolute atomic E-state index is 13.1. The second-order valence-electron chi connectivity index (χ2n) is 7.12. The molecule has 1 saturated heterocycles. The second-order valence-corrected chi connectivity index (χ2v) is 9.01. The van der Waals surface area contributed by atoms with Crippen LogP contribution < -0.4 is 0 Å². The van der Waals surface area contributed by atoms with Crippen molar-refractivity contribution in [2.75, 3.05) is 6.54 Å². The number of aryl methyl sites for hydroxylation is 1. The molecule has 1 aliphatic heterocycles. The molecule has 1 aliphatic rings. The molecule has 30 heavy (non-hydrogen) atoms. The van der Waals surface area contributed by atoms with E-state index in [9.17, 15) is 21.6 Å².